The number of nitrogens with one attached hydrogen (secondary N) is 1. The smallest absolute Gasteiger partial charge is 0.232 e. The molecule has 0 aromatic heterocycles. The molecule has 0 aromatic rings. The number of halogens is 1. The summed E-state index contributed by atoms with van der Waals surface area (Å²) in [6.07, 6.45) is 1.57. The van der Waals surface area contributed by atoms with Gasteiger partial charge in [0.1, 0.15) is 0 Å². The summed E-state index contributed by atoms with van der Waals surface area (Å²) in [5.74, 6) is -1.21. The van der Waals surface area contributed by atoms with Crippen LogP contribution in [0.15, 0.2) is 12.2 Å². The molecule has 5 nitrogen and oxygen atoms in total. The SMILES string of the molecule is C=C1[C@@H](O)C[C@H]2C(C)(C)C[C@H](Br)C[C@]2(C)[C@H]1C[C@H](O)[C@H]1CC(=O)NC1=O. The van der Waals surface area contributed by atoms with E-state index >= 15 is 0 Å². The molecule has 1 heterocycles. The molecule has 0 radical (unpaired) electrons. The van der Waals surface area contributed by atoms with E-state index in [-0.39, 0.29) is 29.1 Å². The number of fused-ring (bicyclic) bond motifs is 1. The van der Waals surface area contributed by atoms with Gasteiger partial charge >= 0.3 is 0 Å². The van der Waals surface area contributed by atoms with Gasteiger partial charge in [-0.2, -0.15) is 0 Å². The van der Waals surface area contributed by atoms with Crippen LogP contribution >= 0.6 is 15.9 Å². The second kappa shape index (κ2) is 6.71. The largest absolute Gasteiger partial charge is 0.392 e. The molecule has 2 aliphatic carbocycles. The van der Waals surface area contributed by atoms with E-state index < -0.39 is 24.0 Å². The lowest BCUT2D eigenvalue weighted by Gasteiger charge is -2.60. The molecule has 3 aliphatic rings. The summed E-state index contributed by atoms with van der Waals surface area (Å²) >= 11 is 3.81. The Hall–Kier alpha value is -0.720. The molecule has 26 heavy (non-hydrogen) atoms. The van der Waals surface area contributed by atoms with Gasteiger partial charge in [-0.25, -0.2) is 0 Å². The average Bonchev–Trinajstić information content (AvgIpc) is 2.84. The van der Waals surface area contributed by atoms with Crippen molar-refractivity contribution in [3.05, 3.63) is 12.2 Å². The van der Waals surface area contributed by atoms with Crippen molar-refractivity contribution < 1.29 is 19.8 Å². The molecule has 2 saturated carbocycles. The third-order valence-corrected chi connectivity index (χ3v) is 7.87. The van der Waals surface area contributed by atoms with Gasteiger partial charge in [-0.15, -0.1) is 0 Å². The molecule has 3 N–H and O–H groups in total. The lowest BCUT2D eigenvalue weighted by molar-refractivity contribution is -0.128. The Kier molecular flexibility index (Phi) is 5.17. The first-order chi connectivity index (χ1) is 12.0. The summed E-state index contributed by atoms with van der Waals surface area (Å²) in [6.45, 7) is 10.9. The Morgan fingerprint density at radius 2 is 1.96 bits per heavy atom. The number of hydrogen-bond acceptors (Lipinski definition) is 4. The predicted molar refractivity (Wildman–Crippen MR) is 102 cm³/mol. The van der Waals surface area contributed by atoms with Gasteiger partial charge in [0.05, 0.1) is 18.1 Å². The highest BCUT2D eigenvalue weighted by Gasteiger charge is 2.57. The third kappa shape index (κ3) is 3.29. The van der Waals surface area contributed by atoms with Crippen molar-refractivity contribution >= 4 is 27.7 Å². The van der Waals surface area contributed by atoms with Crippen LogP contribution in [-0.4, -0.2) is 39.1 Å². The lowest BCUT2D eigenvalue weighted by Crippen LogP contribution is -2.55. The van der Waals surface area contributed by atoms with E-state index in [1.54, 1.807) is 0 Å². The molecule has 0 aromatic carbocycles. The Labute approximate surface area is 163 Å². The van der Waals surface area contributed by atoms with Crippen LogP contribution in [0.5, 0.6) is 0 Å². The highest BCUT2D eigenvalue weighted by molar-refractivity contribution is 9.09. The molecule has 1 saturated heterocycles. The zero-order chi connectivity index (χ0) is 19.4. The van der Waals surface area contributed by atoms with Gasteiger partial charge in [0.2, 0.25) is 11.8 Å². The quantitative estimate of drug-likeness (QED) is 0.366. The maximum absolute atomic E-state index is 12.0. The topological polar surface area (TPSA) is 86.6 Å². The van der Waals surface area contributed by atoms with Crippen molar-refractivity contribution in [3.63, 3.8) is 0 Å². The van der Waals surface area contributed by atoms with Crippen molar-refractivity contribution in [2.75, 3.05) is 0 Å². The van der Waals surface area contributed by atoms with Gasteiger partial charge in [0.25, 0.3) is 0 Å². The highest BCUT2D eigenvalue weighted by Crippen LogP contribution is 2.62. The van der Waals surface area contributed by atoms with Gasteiger partial charge in [-0.05, 0) is 53.9 Å². The van der Waals surface area contributed by atoms with E-state index in [2.05, 4.69) is 48.6 Å². The average molecular weight is 428 g/mol. The van der Waals surface area contributed by atoms with E-state index in [1.165, 1.54) is 0 Å². The van der Waals surface area contributed by atoms with E-state index in [4.69, 9.17) is 0 Å². The van der Waals surface area contributed by atoms with Crippen molar-refractivity contribution in [2.24, 2.45) is 28.6 Å². The zero-order valence-corrected chi connectivity index (χ0v) is 17.4. The first kappa shape index (κ1) is 20.0. The van der Waals surface area contributed by atoms with Crippen LogP contribution in [0.25, 0.3) is 0 Å². The third-order valence-electron chi connectivity index (χ3n) is 7.23. The Bertz CT molecular complexity index is 633. The molecule has 1 aliphatic heterocycles. The molecule has 0 spiro atoms. The summed E-state index contributed by atoms with van der Waals surface area (Å²) < 4.78 is 0. The standard InChI is InChI=1S/C20H30BrNO4/c1-10-13(6-15(24)12-5-17(25)22-18(12)26)20(4)9-11(21)8-19(2,3)16(20)7-14(10)23/h11-16,23-24H,1,5-9H2,2-4H3,(H,22,25,26)/t11-,12+,13-,14-,15-,16-,20+/m0/s1. The maximum atomic E-state index is 12.0. The van der Waals surface area contributed by atoms with Crippen molar-refractivity contribution in [3.8, 4) is 0 Å². The Morgan fingerprint density at radius 3 is 2.54 bits per heavy atom. The van der Waals surface area contributed by atoms with Gasteiger partial charge in [-0.1, -0.05) is 43.3 Å². The molecule has 2 amide bonds. The summed E-state index contributed by atoms with van der Waals surface area (Å²) in [6, 6.07) is 0. The summed E-state index contributed by atoms with van der Waals surface area (Å²) in [4.78, 5) is 23.8. The van der Waals surface area contributed by atoms with Crippen LogP contribution in [0.2, 0.25) is 0 Å². The van der Waals surface area contributed by atoms with Gasteiger partial charge in [0, 0.05) is 11.2 Å². The Morgan fingerprint density at radius 1 is 1.31 bits per heavy atom. The number of carbonyl (C=O) groups excluding carboxylic acids is 2. The first-order valence-electron chi connectivity index (χ1n) is 9.48. The highest BCUT2D eigenvalue weighted by atomic mass is 79.9. The van der Waals surface area contributed by atoms with E-state index in [9.17, 15) is 19.8 Å². The fourth-order valence-corrected chi connectivity index (χ4v) is 7.54. The maximum Gasteiger partial charge on any atom is 0.232 e. The second-order valence-electron chi connectivity index (χ2n) is 9.46. The first-order valence-corrected chi connectivity index (χ1v) is 10.4. The van der Waals surface area contributed by atoms with Crippen molar-refractivity contribution in [1.29, 1.82) is 0 Å². The van der Waals surface area contributed by atoms with Crippen LogP contribution in [0.1, 0.15) is 52.9 Å². The molecule has 7 atom stereocenters. The van der Waals surface area contributed by atoms with Crippen LogP contribution in [0.3, 0.4) is 0 Å². The minimum absolute atomic E-state index is 0.0362. The molecular formula is C20H30BrNO4. The molecule has 6 heteroatoms. The fourth-order valence-electron chi connectivity index (χ4n) is 6.01. The number of hydrogen-bond donors (Lipinski definition) is 3. The van der Waals surface area contributed by atoms with E-state index in [1.807, 2.05) is 0 Å². The summed E-state index contributed by atoms with van der Waals surface area (Å²) in [5.41, 5.74) is 0.698. The number of amides is 2. The minimum Gasteiger partial charge on any atom is -0.392 e. The van der Waals surface area contributed by atoms with E-state index in [0.717, 1.165) is 18.4 Å². The second-order valence-corrected chi connectivity index (χ2v) is 10.8. The number of imide groups is 1. The molecule has 0 bridgehead atoms. The van der Waals surface area contributed by atoms with Crippen molar-refractivity contribution in [2.45, 2.75) is 69.9 Å². The fraction of sp³-hybridized carbons (Fsp3) is 0.800. The molecule has 3 fully saturated rings. The zero-order valence-electron chi connectivity index (χ0n) is 15.8. The van der Waals surface area contributed by atoms with Gasteiger partial charge in [-0.3, -0.25) is 14.9 Å². The van der Waals surface area contributed by atoms with Crippen molar-refractivity contribution in [1.82, 2.24) is 5.32 Å². The van der Waals surface area contributed by atoms with Crippen LogP contribution in [0, 0.1) is 28.6 Å². The summed E-state index contributed by atoms with van der Waals surface area (Å²) in [7, 11) is 0. The predicted octanol–water partition coefficient (Wildman–Crippen LogP) is 2.54. The van der Waals surface area contributed by atoms with E-state index in [0.29, 0.717) is 23.6 Å². The number of alkyl halides is 1. The normalized spacial score (nSPS) is 43.8. The minimum atomic E-state index is -0.912. The van der Waals surface area contributed by atoms with Crippen LogP contribution in [0.4, 0.5) is 0 Å². The van der Waals surface area contributed by atoms with Gasteiger partial charge in [0.15, 0.2) is 0 Å². The molecule has 3 rings (SSSR count). The summed E-state index contributed by atoms with van der Waals surface area (Å²) in [5, 5.41) is 23.7. The van der Waals surface area contributed by atoms with Gasteiger partial charge < -0.3 is 10.2 Å². The number of aliphatic hydroxyl groups excluding tert-OH is 2. The molecule has 0 unspecified atom stereocenters. The lowest BCUT2D eigenvalue weighted by atomic mass is 9.46. The van der Waals surface area contributed by atoms with Crippen LogP contribution in [-0.2, 0) is 9.59 Å². The Balaban J connectivity index is 1.89. The molecule has 146 valence electrons. The molecular weight excluding hydrogens is 398 g/mol. The monoisotopic (exact) mass is 427 g/mol. The number of carbonyl (C=O) groups is 2. The number of rotatable bonds is 3. The van der Waals surface area contributed by atoms with Crippen LogP contribution < -0.4 is 5.32 Å². The number of aliphatic hydroxyl groups is 2.